The van der Waals surface area contributed by atoms with Gasteiger partial charge >= 0.3 is 5.97 Å². The summed E-state index contributed by atoms with van der Waals surface area (Å²) in [6.45, 7) is 3.60. The smallest absolute Gasteiger partial charge is 0.342 e. The Balaban J connectivity index is 3.36. The van der Waals surface area contributed by atoms with Gasteiger partial charge in [0.05, 0.1) is 20.8 Å². The molecule has 0 atom stereocenters. The number of aromatic hydroxyl groups is 1. The summed E-state index contributed by atoms with van der Waals surface area (Å²) in [5.41, 5.74) is 0.590. The lowest BCUT2D eigenvalue weighted by Gasteiger charge is -2.14. The Hall–Kier alpha value is -1.91. The summed E-state index contributed by atoms with van der Waals surface area (Å²) >= 11 is 0. The van der Waals surface area contributed by atoms with Crippen LogP contribution < -0.4 is 9.47 Å². The molecule has 0 aliphatic carbocycles. The van der Waals surface area contributed by atoms with Gasteiger partial charge in [0.1, 0.15) is 11.3 Å². The Kier molecular flexibility index (Phi) is 4.20. The number of benzene rings is 1. The van der Waals surface area contributed by atoms with Crippen molar-refractivity contribution in [3.05, 3.63) is 17.2 Å². The number of carbonyl (C=O) groups is 1. The predicted octanol–water partition coefficient (Wildman–Crippen LogP) is 1.89. The fraction of sp³-hybridized carbons (Fsp3) is 0.417. The van der Waals surface area contributed by atoms with E-state index in [1.54, 1.807) is 13.8 Å². The molecule has 5 heteroatoms. The van der Waals surface area contributed by atoms with Crippen molar-refractivity contribution in [1.82, 2.24) is 0 Å². The minimum absolute atomic E-state index is 0.101. The summed E-state index contributed by atoms with van der Waals surface area (Å²) in [6.07, 6.45) is 0. The van der Waals surface area contributed by atoms with Gasteiger partial charge in [0.15, 0.2) is 11.5 Å². The van der Waals surface area contributed by atoms with Gasteiger partial charge in [-0.15, -0.1) is 0 Å². The number of esters is 1. The van der Waals surface area contributed by atoms with Crippen LogP contribution in [0.2, 0.25) is 0 Å². The third-order valence-electron chi connectivity index (χ3n) is 2.37. The zero-order chi connectivity index (χ0) is 13.0. The number of rotatable bonds is 4. The average molecular weight is 240 g/mol. The predicted molar refractivity (Wildman–Crippen MR) is 61.9 cm³/mol. The summed E-state index contributed by atoms with van der Waals surface area (Å²) < 4.78 is 15.1. The number of phenols is 1. The summed E-state index contributed by atoms with van der Waals surface area (Å²) in [5, 5.41) is 9.78. The molecule has 0 aromatic heterocycles. The van der Waals surface area contributed by atoms with E-state index in [4.69, 9.17) is 14.2 Å². The fourth-order valence-electron chi connectivity index (χ4n) is 1.62. The first-order chi connectivity index (χ1) is 8.06. The quantitative estimate of drug-likeness (QED) is 0.814. The van der Waals surface area contributed by atoms with Crippen molar-refractivity contribution < 1.29 is 24.1 Å². The fourth-order valence-corrected chi connectivity index (χ4v) is 1.62. The van der Waals surface area contributed by atoms with Gasteiger partial charge in [-0.25, -0.2) is 4.79 Å². The molecule has 0 fully saturated rings. The molecule has 0 radical (unpaired) electrons. The standard InChI is InChI=1S/C12H16O5/c1-5-17-12(14)10-7(2)11(16-4)9(15-3)6-8(10)13/h6,13H,5H2,1-4H3. The molecule has 5 nitrogen and oxygen atoms in total. The van der Waals surface area contributed by atoms with Crippen LogP contribution in [0.15, 0.2) is 6.07 Å². The van der Waals surface area contributed by atoms with Crippen molar-refractivity contribution in [3.8, 4) is 17.2 Å². The Labute approximate surface area is 99.9 Å². The number of ether oxygens (including phenoxy) is 3. The third-order valence-corrected chi connectivity index (χ3v) is 2.37. The van der Waals surface area contributed by atoms with Gasteiger partial charge in [-0.3, -0.25) is 0 Å². The molecule has 0 unspecified atom stereocenters. The highest BCUT2D eigenvalue weighted by atomic mass is 16.5. The molecule has 0 amide bonds. The minimum atomic E-state index is -0.580. The van der Waals surface area contributed by atoms with E-state index in [9.17, 15) is 9.90 Å². The van der Waals surface area contributed by atoms with E-state index in [-0.39, 0.29) is 17.9 Å². The third kappa shape index (κ3) is 2.43. The van der Waals surface area contributed by atoms with E-state index in [2.05, 4.69) is 0 Å². The minimum Gasteiger partial charge on any atom is -0.507 e. The second-order valence-electron chi connectivity index (χ2n) is 3.35. The largest absolute Gasteiger partial charge is 0.507 e. The average Bonchev–Trinajstić information content (AvgIpc) is 2.28. The summed E-state index contributed by atoms with van der Waals surface area (Å²) in [4.78, 5) is 11.7. The van der Waals surface area contributed by atoms with Crippen LogP contribution in [0.3, 0.4) is 0 Å². The molecule has 0 aliphatic rings. The lowest BCUT2D eigenvalue weighted by atomic mass is 10.1. The first kappa shape index (κ1) is 13.2. The van der Waals surface area contributed by atoms with Gasteiger partial charge in [0, 0.05) is 11.6 Å². The van der Waals surface area contributed by atoms with E-state index in [1.165, 1.54) is 20.3 Å². The highest BCUT2D eigenvalue weighted by Gasteiger charge is 2.22. The zero-order valence-electron chi connectivity index (χ0n) is 10.4. The van der Waals surface area contributed by atoms with Crippen molar-refractivity contribution in [3.63, 3.8) is 0 Å². The molecule has 0 aliphatic heterocycles. The van der Waals surface area contributed by atoms with Gasteiger partial charge in [-0.2, -0.15) is 0 Å². The van der Waals surface area contributed by atoms with Crippen LogP contribution in [0, 0.1) is 6.92 Å². The SMILES string of the molecule is CCOC(=O)c1c(O)cc(OC)c(OC)c1C. The summed E-state index contributed by atoms with van der Waals surface area (Å²) in [6, 6.07) is 1.33. The molecule has 0 saturated carbocycles. The molecule has 0 saturated heterocycles. The maximum absolute atomic E-state index is 11.7. The van der Waals surface area contributed by atoms with Gasteiger partial charge in [-0.05, 0) is 13.8 Å². The highest BCUT2D eigenvalue weighted by molar-refractivity contribution is 5.95. The summed E-state index contributed by atoms with van der Waals surface area (Å²) in [7, 11) is 2.93. The van der Waals surface area contributed by atoms with Crippen molar-refractivity contribution >= 4 is 5.97 Å². The molecular weight excluding hydrogens is 224 g/mol. The molecule has 94 valence electrons. The first-order valence-corrected chi connectivity index (χ1v) is 5.18. The van der Waals surface area contributed by atoms with Gasteiger partial charge in [0.2, 0.25) is 0 Å². The summed E-state index contributed by atoms with van der Waals surface area (Å²) in [5.74, 6) is 0.0194. The zero-order valence-corrected chi connectivity index (χ0v) is 10.4. The van der Waals surface area contributed by atoms with Crippen molar-refractivity contribution in [1.29, 1.82) is 0 Å². The van der Waals surface area contributed by atoms with E-state index in [0.717, 1.165) is 0 Å². The molecule has 1 aromatic carbocycles. The van der Waals surface area contributed by atoms with Gasteiger partial charge in [0.25, 0.3) is 0 Å². The lowest BCUT2D eigenvalue weighted by molar-refractivity contribution is 0.0521. The molecule has 0 heterocycles. The molecule has 17 heavy (non-hydrogen) atoms. The second-order valence-corrected chi connectivity index (χ2v) is 3.35. The number of methoxy groups -OCH3 is 2. The highest BCUT2D eigenvalue weighted by Crippen LogP contribution is 2.38. The molecule has 1 N–H and O–H groups in total. The second kappa shape index (κ2) is 5.43. The number of phenolic OH excluding ortho intramolecular Hbond substituents is 1. The Morgan fingerprint density at radius 3 is 2.47 bits per heavy atom. The molecule has 0 bridgehead atoms. The number of carbonyl (C=O) groups excluding carboxylic acids is 1. The van der Waals surface area contributed by atoms with Crippen LogP contribution in [-0.2, 0) is 4.74 Å². The van der Waals surface area contributed by atoms with Crippen molar-refractivity contribution in [2.24, 2.45) is 0 Å². The maximum Gasteiger partial charge on any atom is 0.342 e. The Bertz CT molecular complexity index is 425. The van der Waals surface area contributed by atoms with Crippen LogP contribution in [0.5, 0.6) is 17.2 Å². The Morgan fingerprint density at radius 2 is 2.00 bits per heavy atom. The van der Waals surface area contributed by atoms with Gasteiger partial charge in [-0.1, -0.05) is 0 Å². The van der Waals surface area contributed by atoms with Crippen LogP contribution in [0.1, 0.15) is 22.8 Å². The van der Waals surface area contributed by atoms with Crippen molar-refractivity contribution in [2.45, 2.75) is 13.8 Å². The number of hydrogen-bond donors (Lipinski definition) is 1. The molecular formula is C12H16O5. The van der Waals surface area contributed by atoms with E-state index >= 15 is 0 Å². The van der Waals surface area contributed by atoms with E-state index in [1.807, 2.05) is 0 Å². The molecule has 1 rings (SSSR count). The number of hydrogen-bond acceptors (Lipinski definition) is 5. The topological polar surface area (TPSA) is 65.0 Å². The van der Waals surface area contributed by atoms with Crippen LogP contribution in [-0.4, -0.2) is 31.9 Å². The van der Waals surface area contributed by atoms with E-state index in [0.29, 0.717) is 17.1 Å². The van der Waals surface area contributed by atoms with Crippen LogP contribution in [0.4, 0.5) is 0 Å². The lowest BCUT2D eigenvalue weighted by Crippen LogP contribution is -2.08. The first-order valence-electron chi connectivity index (χ1n) is 5.18. The monoisotopic (exact) mass is 240 g/mol. The Morgan fingerprint density at radius 1 is 1.35 bits per heavy atom. The van der Waals surface area contributed by atoms with Gasteiger partial charge < -0.3 is 19.3 Å². The van der Waals surface area contributed by atoms with Crippen LogP contribution in [0.25, 0.3) is 0 Å². The molecule has 0 spiro atoms. The van der Waals surface area contributed by atoms with E-state index < -0.39 is 5.97 Å². The normalized spacial score (nSPS) is 9.88. The maximum atomic E-state index is 11.7. The van der Waals surface area contributed by atoms with Crippen LogP contribution >= 0.6 is 0 Å². The van der Waals surface area contributed by atoms with Crippen molar-refractivity contribution in [2.75, 3.05) is 20.8 Å². The molecule has 1 aromatic rings.